The van der Waals surface area contributed by atoms with E-state index >= 15 is 0 Å². The maximum Gasteiger partial charge on any atom is 0.264 e. The SMILES string of the molecule is CCCN(Cc1nnc(-c2ccccc2Cl)o1)C(=O)c1sc2cccc(F)c2c1COC. The molecule has 9 heteroatoms. The van der Waals surface area contributed by atoms with Crippen molar-refractivity contribution in [2.45, 2.75) is 26.5 Å². The highest BCUT2D eigenvalue weighted by Gasteiger charge is 2.26. The maximum absolute atomic E-state index is 14.5. The van der Waals surface area contributed by atoms with Crippen molar-refractivity contribution in [1.29, 1.82) is 0 Å². The highest BCUT2D eigenvalue weighted by Crippen LogP contribution is 2.35. The molecule has 0 N–H and O–H groups in total. The zero-order chi connectivity index (χ0) is 22.7. The minimum Gasteiger partial charge on any atom is -0.419 e. The number of amides is 1. The molecule has 0 aliphatic carbocycles. The molecular weight excluding hydrogens is 453 g/mol. The van der Waals surface area contributed by atoms with Gasteiger partial charge in [-0.2, -0.15) is 0 Å². The number of methoxy groups -OCH3 is 1. The zero-order valence-electron chi connectivity index (χ0n) is 17.6. The third-order valence-corrected chi connectivity index (χ3v) is 6.44. The van der Waals surface area contributed by atoms with Crippen LogP contribution in [0.3, 0.4) is 0 Å². The molecule has 0 saturated carbocycles. The minimum atomic E-state index is -0.367. The largest absolute Gasteiger partial charge is 0.419 e. The Morgan fingerprint density at radius 3 is 2.78 bits per heavy atom. The second-order valence-electron chi connectivity index (χ2n) is 7.16. The molecule has 0 radical (unpaired) electrons. The number of aromatic nitrogens is 2. The summed E-state index contributed by atoms with van der Waals surface area (Å²) < 4.78 is 26.3. The van der Waals surface area contributed by atoms with Crippen LogP contribution in [0, 0.1) is 5.82 Å². The first kappa shape index (κ1) is 22.4. The molecule has 0 unspecified atom stereocenters. The average Bonchev–Trinajstić information content (AvgIpc) is 3.39. The van der Waals surface area contributed by atoms with Crippen molar-refractivity contribution in [3.05, 3.63) is 69.6 Å². The van der Waals surface area contributed by atoms with Crippen molar-refractivity contribution in [1.82, 2.24) is 15.1 Å². The first-order valence-electron chi connectivity index (χ1n) is 10.1. The predicted octanol–water partition coefficient (Wildman–Crippen LogP) is 5.94. The van der Waals surface area contributed by atoms with Gasteiger partial charge in [0, 0.05) is 29.3 Å². The van der Waals surface area contributed by atoms with Crippen molar-refractivity contribution >= 4 is 38.9 Å². The van der Waals surface area contributed by atoms with Crippen LogP contribution in [0.5, 0.6) is 0 Å². The molecule has 4 rings (SSSR count). The van der Waals surface area contributed by atoms with E-state index in [4.69, 9.17) is 20.8 Å². The Labute approximate surface area is 193 Å². The summed E-state index contributed by atoms with van der Waals surface area (Å²) in [6.45, 7) is 2.72. The molecular formula is C23H21ClFN3O3S. The van der Waals surface area contributed by atoms with E-state index in [1.165, 1.54) is 24.5 Å². The van der Waals surface area contributed by atoms with Gasteiger partial charge in [0.2, 0.25) is 11.8 Å². The van der Waals surface area contributed by atoms with E-state index in [0.717, 1.165) is 6.42 Å². The van der Waals surface area contributed by atoms with Crippen molar-refractivity contribution < 1.29 is 18.3 Å². The van der Waals surface area contributed by atoms with Crippen molar-refractivity contribution in [3.63, 3.8) is 0 Å². The molecule has 0 bridgehead atoms. The fraction of sp³-hybridized carbons (Fsp3) is 0.261. The Morgan fingerprint density at radius 1 is 1.22 bits per heavy atom. The average molecular weight is 474 g/mol. The second kappa shape index (κ2) is 9.77. The summed E-state index contributed by atoms with van der Waals surface area (Å²) in [4.78, 5) is 15.6. The molecule has 0 aliphatic heterocycles. The quantitative estimate of drug-likeness (QED) is 0.316. The smallest absolute Gasteiger partial charge is 0.264 e. The fourth-order valence-electron chi connectivity index (χ4n) is 3.51. The van der Waals surface area contributed by atoms with Crippen LogP contribution >= 0.6 is 22.9 Å². The number of rotatable bonds is 8. The molecule has 0 atom stereocenters. The molecule has 4 aromatic rings. The molecule has 1 amide bonds. The Hall–Kier alpha value is -2.81. The number of carbonyl (C=O) groups is 1. The number of thiophene rings is 1. The van der Waals surface area contributed by atoms with Crippen LogP contribution in [0.4, 0.5) is 4.39 Å². The normalized spacial score (nSPS) is 11.2. The standard InChI is InChI=1S/C23H21ClFN3O3S/c1-3-11-28(12-19-26-27-22(31-19)14-7-4-5-8-16(14)24)23(29)21-15(13-30-2)20-17(25)9-6-10-18(20)32-21/h4-10H,3,11-13H2,1-2H3. The number of nitrogens with zero attached hydrogens (tertiary/aromatic N) is 3. The van der Waals surface area contributed by atoms with Gasteiger partial charge >= 0.3 is 0 Å². The summed E-state index contributed by atoms with van der Waals surface area (Å²) in [5, 5.41) is 9.11. The zero-order valence-corrected chi connectivity index (χ0v) is 19.2. The van der Waals surface area contributed by atoms with E-state index in [2.05, 4.69) is 10.2 Å². The summed E-state index contributed by atoms with van der Waals surface area (Å²) in [7, 11) is 1.52. The van der Waals surface area contributed by atoms with E-state index in [1.807, 2.05) is 19.1 Å². The molecule has 6 nitrogen and oxygen atoms in total. The topological polar surface area (TPSA) is 68.5 Å². The third kappa shape index (κ3) is 4.39. The number of halogens is 2. The second-order valence-corrected chi connectivity index (χ2v) is 8.62. The third-order valence-electron chi connectivity index (χ3n) is 4.92. The van der Waals surface area contributed by atoms with Crippen LogP contribution in [0.25, 0.3) is 21.5 Å². The molecule has 32 heavy (non-hydrogen) atoms. The van der Waals surface area contributed by atoms with E-state index in [9.17, 15) is 9.18 Å². The lowest BCUT2D eigenvalue weighted by atomic mass is 10.1. The predicted molar refractivity (Wildman–Crippen MR) is 122 cm³/mol. The van der Waals surface area contributed by atoms with Gasteiger partial charge in [-0.15, -0.1) is 21.5 Å². The minimum absolute atomic E-state index is 0.132. The van der Waals surface area contributed by atoms with Gasteiger partial charge in [-0.1, -0.05) is 36.7 Å². The van der Waals surface area contributed by atoms with Crippen molar-refractivity contribution in [2.75, 3.05) is 13.7 Å². The van der Waals surface area contributed by atoms with Crippen LogP contribution in [0.15, 0.2) is 46.9 Å². The molecule has 166 valence electrons. The summed E-state index contributed by atoms with van der Waals surface area (Å²) in [6, 6.07) is 12.0. The number of hydrogen-bond acceptors (Lipinski definition) is 6. The lowest BCUT2D eigenvalue weighted by Gasteiger charge is -2.20. The van der Waals surface area contributed by atoms with Gasteiger partial charge in [-0.25, -0.2) is 4.39 Å². The summed E-state index contributed by atoms with van der Waals surface area (Å²) in [5.41, 5.74) is 1.18. The Balaban J connectivity index is 1.65. The van der Waals surface area contributed by atoms with Crippen LogP contribution in [0.2, 0.25) is 5.02 Å². The van der Waals surface area contributed by atoms with Crippen molar-refractivity contribution in [2.24, 2.45) is 0 Å². The Morgan fingerprint density at radius 2 is 2.03 bits per heavy atom. The molecule has 0 spiro atoms. The first-order chi connectivity index (χ1) is 15.5. The van der Waals surface area contributed by atoms with E-state index in [-0.39, 0.29) is 24.9 Å². The van der Waals surface area contributed by atoms with Gasteiger partial charge < -0.3 is 14.1 Å². The highest BCUT2D eigenvalue weighted by atomic mass is 35.5. The van der Waals surface area contributed by atoms with E-state index in [0.29, 0.717) is 49.4 Å². The lowest BCUT2D eigenvalue weighted by Crippen LogP contribution is -2.31. The molecule has 0 fully saturated rings. The van der Waals surface area contributed by atoms with Gasteiger partial charge in [-0.05, 0) is 30.7 Å². The number of benzene rings is 2. The van der Waals surface area contributed by atoms with Gasteiger partial charge in [0.05, 0.1) is 28.6 Å². The first-order valence-corrected chi connectivity index (χ1v) is 11.3. The molecule has 2 aromatic heterocycles. The monoisotopic (exact) mass is 473 g/mol. The van der Waals surface area contributed by atoms with Crippen LogP contribution in [0.1, 0.15) is 34.5 Å². The fourth-order valence-corrected chi connectivity index (χ4v) is 4.92. The lowest BCUT2D eigenvalue weighted by molar-refractivity contribution is 0.0729. The number of fused-ring (bicyclic) bond motifs is 1. The van der Waals surface area contributed by atoms with Crippen LogP contribution in [-0.4, -0.2) is 34.7 Å². The molecule has 2 aromatic carbocycles. The summed E-state index contributed by atoms with van der Waals surface area (Å²) in [5.74, 6) is -0.00836. The summed E-state index contributed by atoms with van der Waals surface area (Å²) in [6.07, 6.45) is 0.732. The number of ether oxygens (including phenoxy) is 1. The number of carbonyl (C=O) groups excluding carboxylic acids is 1. The van der Waals surface area contributed by atoms with Gasteiger partial charge in [0.15, 0.2) is 0 Å². The summed E-state index contributed by atoms with van der Waals surface area (Å²) >= 11 is 7.48. The van der Waals surface area contributed by atoms with E-state index < -0.39 is 0 Å². The molecule has 0 saturated heterocycles. The molecule has 2 heterocycles. The Bertz CT molecular complexity index is 1260. The van der Waals surface area contributed by atoms with E-state index in [1.54, 1.807) is 29.2 Å². The highest BCUT2D eigenvalue weighted by molar-refractivity contribution is 7.21. The van der Waals surface area contributed by atoms with Gasteiger partial charge in [-0.3, -0.25) is 4.79 Å². The van der Waals surface area contributed by atoms with Crippen molar-refractivity contribution in [3.8, 4) is 11.5 Å². The molecule has 0 aliphatic rings. The number of hydrogen-bond donors (Lipinski definition) is 0. The van der Waals surface area contributed by atoms with Crippen LogP contribution < -0.4 is 0 Å². The Kier molecular flexibility index (Phi) is 6.83. The van der Waals surface area contributed by atoms with Gasteiger partial charge in [0.1, 0.15) is 5.82 Å². The maximum atomic E-state index is 14.5. The van der Waals surface area contributed by atoms with Gasteiger partial charge in [0.25, 0.3) is 5.91 Å². The van der Waals surface area contributed by atoms with Crippen LogP contribution in [-0.2, 0) is 17.9 Å².